The molecule has 2 nitrogen and oxygen atoms in total. The van der Waals surface area contributed by atoms with Crippen LogP contribution in [-0.4, -0.2) is 10.7 Å². The molecule has 0 atom stereocenters. The number of hydrogen-bond acceptors (Lipinski definition) is 4. The summed E-state index contributed by atoms with van der Waals surface area (Å²) >= 11 is 3.33. The lowest BCUT2D eigenvalue weighted by molar-refractivity contribution is 0.627. The normalized spacial score (nSPS) is 11.4. The van der Waals surface area contributed by atoms with E-state index >= 15 is 0 Å². The number of fused-ring (bicyclic) bond motifs is 2. The van der Waals surface area contributed by atoms with E-state index < -0.39 is 0 Å². The van der Waals surface area contributed by atoms with Gasteiger partial charge in [0.25, 0.3) is 0 Å². The molecule has 0 spiro atoms. The molecule has 0 radical (unpaired) electrons. The standard InChI is InChI=1S/C20H23NOS2/c1-2-3-4-5-6-9-12-23-20-13-16-19(14-17(20)22)24-18-11-8-7-10-15(18)21-16/h7-8,10-11,13-14H,2-6,9,12H2,1H3. The predicted octanol–water partition coefficient (Wildman–Crippen LogP) is 6.21. The number of para-hydroxylation sites is 1. The molecular weight excluding hydrogens is 334 g/mol. The summed E-state index contributed by atoms with van der Waals surface area (Å²) in [6.45, 7) is 2.24. The highest BCUT2D eigenvalue weighted by molar-refractivity contribution is 7.99. The first-order valence-electron chi connectivity index (χ1n) is 8.74. The van der Waals surface area contributed by atoms with Crippen molar-refractivity contribution in [1.29, 1.82) is 0 Å². The van der Waals surface area contributed by atoms with E-state index in [1.807, 2.05) is 24.3 Å². The van der Waals surface area contributed by atoms with Gasteiger partial charge < -0.3 is 0 Å². The second kappa shape index (κ2) is 8.63. The molecule has 3 rings (SSSR count). The molecule has 1 heterocycles. The summed E-state index contributed by atoms with van der Waals surface area (Å²) in [5.41, 5.74) is 2.07. The van der Waals surface area contributed by atoms with Gasteiger partial charge in [-0.15, -0.1) is 23.1 Å². The SMILES string of the molecule is CCCCCCCCSc1cc2nc3ccccc3sc-2cc1=O. The van der Waals surface area contributed by atoms with Crippen molar-refractivity contribution in [2.45, 2.75) is 50.3 Å². The van der Waals surface area contributed by atoms with Gasteiger partial charge in [-0.25, -0.2) is 4.98 Å². The van der Waals surface area contributed by atoms with Crippen LogP contribution in [0.5, 0.6) is 0 Å². The fourth-order valence-corrected chi connectivity index (χ4v) is 4.70. The van der Waals surface area contributed by atoms with Crippen LogP contribution in [0.25, 0.3) is 20.8 Å². The molecule has 1 aromatic rings. The Balaban J connectivity index is 1.68. The molecule has 0 unspecified atom stereocenters. The van der Waals surface area contributed by atoms with Crippen molar-refractivity contribution in [2.24, 2.45) is 0 Å². The van der Waals surface area contributed by atoms with Crippen LogP contribution in [0.2, 0.25) is 0 Å². The largest absolute Gasteiger partial charge is 0.289 e. The van der Waals surface area contributed by atoms with Crippen LogP contribution in [-0.2, 0) is 0 Å². The number of benzene rings is 2. The molecule has 0 amide bonds. The summed E-state index contributed by atoms with van der Waals surface area (Å²) in [4.78, 5) is 18.9. The van der Waals surface area contributed by atoms with Crippen molar-refractivity contribution in [3.63, 3.8) is 0 Å². The van der Waals surface area contributed by atoms with Gasteiger partial charge in [-0.3, -0.25) is 4.79 Å². The summed E-state index contributed by atoms with van der Waals surface area (Å²) in [5.74, 6) is 1.02. The Morgan fingerprint density at radius 3 is 2.71 bits per heavy atom. The van der Waals surface area contributed by atoms with Crippen molar-refractivity contribution in [3.8, 4) is 10.6 Å². The molecule has 0 saturated carbocycles. The highest BCUT2D eigenvalue weighted by atomic mass is 32.2. The summed E-state index contributed by atoms with van der Waals surface area (Å²) in [6.07, 6.45) is 7.71. The van der Waals surface area contributed by atoms with Gasteiger partial charge in [-0.05, 0) is 30.4 Å². The number of aromatic nitrogens is 1. The zero-order chi connectivity index (χ0) is 16.8. The van der Waals surface area contributed by atoms with E-state index in [1.165, 1.54) is 38.5 Å². The van der Waals surface area contributed by atoms with Crippen LogP contribution in [0.1, 0.15) is 45.4 Å². The van der Waals surface area contributed by atoms with E-state index in [0.29, 0.717) is 0 Å². The van der Waals surface area contributed by atoms with Gasteiger partial charge in [0.05, 0.1) is 25.7 Å². The fourth-order valence-electron chi connectivity index (χ4n) is 2.76. The van der Waals surface area contributed by atoms with Crippen LogP contribution in [0, 0.1) is 0 Å². The highest BCUT2D eigenvalue weighted by Gasteiger charge is 2.11. The average molecular weight is 358 g/mol. The third-order valence-corrected chi connectivity index (χ3v) is 6.34. The number of nitrogens with zero attached hydrogens (tertiary/aromatic N) is 1. The summed E-state index contributed by atoms with van der Waals surface area (Å²) in [5, 5.41) is 0. The number of rotatable bonds is 8. The Bertz CT molecular complexity index is 827. The van der Waals surface area contributed by atoms with E-state index in [9.17, 15) is 4.79 Å². The maximum atomic E-state index is 12.3. The molecule has 0 N–H and O–H groups in total. The maximum Gasteiger partial charge on any atom is 0.193 e. The van der Waals surface area contributed by atoms with E-state index in [2.05, 4.69) is 13.0 Å². The molecule has 0 fully saturated rings. The number of hydrogen-bond donors (Lipinski definition) is 0. The molecule has 1 aliphatic carbocycles. The molecule has 1 aromatic carbocycles. The highest BCUT2D eigenvalue weighted by Crippen LogP contribution is 2.31. The van der Waals surface area contributed by atoms with Crippen LogP contribution in [0.3, 0.4) is 0 Å². The predicted molar refractivity (Wildman–Crippen MR) is 107 cm³/mol. The Morgan fingerprint density at radius 2 is 1.83 bits per heavy atom. The van der Waals surface area contributed by atoms with Crippen LogP contribution in [0.15, 0.2) is 46.1 Å². The molecule has 0 bridgehead atoms. The second-order valence-electron chi connectivity index (χ2n) is 6.06. The third-order valence-electron chi connectivity index (χ3n) is 4.11. The van der Waals surface area contributed by atoms with Crippen molar-refractivity contribution in [3.05, 3.63) is 46.6 Å². The first-order valence-corrected chi connectivity index (χ1v) is 10.5. The summed E-state index contributed by atoms with van der Waals surface area (Å²) in [6, 6.07) is 11.8. The molecule has 126 valence electrons. The first-order chi connectivity index (χ1) is 11.8. The van der Waals surface area contributed by atoms with E-state index in [-0.39, 0.29) is 5.43 Å². The minimum Gasteiger partial charge on any atom is -0.289 e. The minimum atomic E-state index is 0.131. The van der Waals surface area contributed by atoms with Crippen LogP contribution in [0.4, 0.5) is 0 Å². The monoisotopic (exact) mass is 357 g/mol. The van der Waals surface area contributed by atoms with Gasteiger partial charge in [0.15, 0.2) is 5.43 Å². The molecule has 24 heavy (non-hydrogen) atoms. The molecular formula is C20H23NOS2. The first kappa shape index (κ1) is 17.4. The molecule has 2 aliphatic rings. The van der Waals surface area contributed by atoms with Crippen molar-refractivity contribution in [1.82, 2.24) is 4.98 Å². The molecule has 0 saturated heterocycles. The Morgan fingerprint density at radius 1 is 1.04 bits per heavy atom. The Hall–Kier alpha value is -1.39. The van der Waals surface area contributed by atoms with E-state index in [0.717, 1.165) is 31.4 Å². The van der Waals surface area contributed by atoms with Gasteiger partial charge in [0.1, 0.15) is 0 Å². The minimum absolute atomic E-state index is 0.131. The lowest BCUT2D eigenvalue weighted by Gasteiger charge is -2.08. The maximum absolute atomic E-state index is 12.3. The van der Waals surface area contributed by atoms with Crippen LogP contribution >= 0.6 is 23.1 Å². The zero-order valence-corrected chi connectivity index (χ0v) is 15.7. The van der Waals surface area contributed by atoms with Gasteiger partial charge >= 0.3 is 0 Å². The lowest BCUT2D eigenvalue weighted by Crippen LogP contribution is -2.04. The van der Waals surface area contributed by atoms with Crippen molar-refractivity contribution in [2.75, 3.05) is 5.75 Å². The number of thioether (sulfide) groups is 1. The van der Waals surface area contributed by atoms with E-state index in [4.69, 9.17) is 4.98 Å². The topological polar surface area (TPSA) is 30.0 Å². The van der Waals surface area contributed by atoms with Crippen LogP contribution < -0.4 is 5.43 Å². The molecule has 1 aliphatic heterocycles. The van der Waals surface area contributed by atoms with Gasteiger partial charge in [-0.2, -0.15) is 0 Å². The smallest absolute Gasteiger partial charge is 0.193 e. The van der Waals surface area contributed by atoms with Crippen molar-refractivity contribution >= 4 is 33.3 Å². The van der Waals surface area contributed by atoms with Gasteiger partial charge in [0.2, 0.25) is 0 Å². The third kappa shape index (κ3) is 4.37. The summed E-state index contributed by atoms with van der Waals surface area (Å²) < 4.78 is 1.12. The van der Waals surface area contributed by atoms with Gasteiger partial charge in [0, 0.05) is 6.07 Å². The molecule has 4 heteroatoms. The Labute approximate surface area is 151 Å². The molecule has 0 aromatic heterocycles. The fraction of sp³-hybridized carbons (Fsp3) is 0.400. The van der Waals surface area contributed by atoms with Crippen molar-refractivity contribution < 1.29 is 0 Å². The quantitative estimate of drug-likeness (QED) is 0.272. The lowest BCUT2D eigenvalue weighted by atomic mass is 10.1. The number of unbranched alkanes of at least 4 members (excludes halogenated alkanes) is 5. The average Bonchev–Trinajstić information content (AvgIpc) is 2.59. The van der Waals surface area contributed by atoms with Gasteiger partial charge in [-0.1, -0.05) is 51.2 Å². The Kier molecular flexibility index (Phi) is 6.27. The van der Waals surface area contributed by atoms with E-state index in [1.54, 1.807) is 29.2 Å². The zero-order valence-electron chi connectivity index (χ0n) is 14.1. The summed E-state index contributed by atoms with van der Waals surface area (Å²) in [7, 11) is 0. The second-order valence-corrected chi connectivity index (χ2v) is 8.29.